The molecule has 9 rings (SSSR count). The Morgan fingerprint density at radius 3 is 1.82 bits per heavy atom. The Bertz CT molecular complexity index is 2760. The van der Waals surface area contributed by atoms with Crippen molar-refractivity contribution in [1.82, 2.24) is 19.5 Å². The second-order valence-electron chi connectivity index (χ2n) is 10.4. The summed E-state index contributed by atoms with van der Waals surface area (Å²) in [6.45, 7) is 0. The Hall–Kier alpha value is -6.07. The molecule has 9 aromatic rings. The minimum atomic E-state index is -0.207. The Labute approximate surface area is 261 Å². The van der Waals surface area contributed by atoms with Gasteiger partial charge in [0, 0.05) is 32.7 Å². The number of aromatic nitrogens is 4. The molecular formula is C39H24N4O. The molecule has 3 heterocycles. The van der Waals surface area contributed by atoms with Gasteiger partial charge in [0.1, 0.15) is 11.2 Å². The first-order valence-electron chi connectivity index (χ1n) is 17.1. The van der Waals surface area contributed by atoms with Gasteiger partial charge in [0.15, 0.2) is 11.6 Å². The molecule has 5 heteroatoms. The second kappa shape index (κ2) is 9.75. The van der Waals surface area contributed by atoms with E-state index in [0.29, 0.717) is 28.4 Å². The number of benzene rings is 6. The summed E-state index contributed by atoms with van der Waals surface area (Å²) >= 11 is 0. The maximum atomic E-state index is 8.89. The predicted octanol–water partition coefficient (Wildman–Crippen LogP) is 9.87. The van der Waals surface area contributed by atoms with Gasteiger partial charge in [0.2, 0.25) is 5.95 Å². The van der Waals surface area contributed by atoms with Crippen molar-refractivity contribution in [3.8, 4) is 39.9 Å². The molecule has 0 radical (unpaired) electrons. The molecule has 6 aromatic carbocycles. The van der Waals surface area contributed by atoms with Gasteiger partial charge >= 0.3 is 0 Å². The van der Waals surface area contributed by atoms with Crippen LogP contribution < -0.4 is 0 Å². The average molecular weight is 571 g/mol. The first-order valence-corrected chi connectivity index (χ1v) is 14.1. The smallest absolute Gasteiger partial charge is 0.238 e. The summed E-state index contributed by atoms with van der Waals surface area (Å²) in [7, 11) is 0. The quantitative estimate of drug-likeness (QED) is 0.211. The van der Waals surface area contributed by atoms with E-state index in [1.165, 1.54) is 16.7 Å². The summed E-state index contributed by atoms with van der Waals surface area (Å²) in [5.41, 5.74) is 5.27. The highest BCUT2D eigenvalue weighted by molar-refractivity contribution is 6.09. The van der Waals surface area contributed by atoms with E-state index in [0.717, 1.165) is 27.5 Å². The van der Waals surface area contributed by atoms with E-state index in [1.807, 2.05) is 78.9 Å². The molecule has 0 saturated carbocycles. The van der Waals surface area contributed by atoms with Crippen LogP contribution in [-0.2, 0) is 0 Å². The van der Waals surface area contributed by atoms with Crippen molar-refractivity contribution >= 4 is 43.7 Å². The third-order valence-corrected chi connectivity index (χ3v) is 7.82. The van der Waals surface area contributed by atoms with Crippen LogP contribution in [-0.4, -0.2) is 19.5 Å². The number of para-hydroxylation sites is 2. The molecule has 0 amide bonds. The third kappa shape index (κ3) is 3.91. The van der Waals surface area contributed by atoms with Gasteiger partial charge in [-0.05, 0) is 47.5 Å². The van der Waals surface area contributed by atoms with E-state index < -0.39 is 0 Å². The lowest BCUT2D eigenvalue weighted by Crippen LogP contribution is -2.06. The molecule has 206 valence electrons. The van der Waals surface area contributed by atoms with Crippen LogP contribution in [0.15, 0.2) is 150 Å². The van der Waals surface area contributed by atoms with Gasteiger partial charge in [0.05, 0.1) is 19.3 Å². The molecule has 0 unspecified atom stereocenters. The van der Waals surface area contributed by atoms with Crippen LogP contribution in [0.4, 0.5) is 0 Å². The molecule has 3 aromatic heterocycles. The second-order valence-corrected chi connectivity index (χ2v) is 10.4. The maximum Gasteiger partial charge on any atom is 0.238 e. The van der Waals surface area contributed by atoms with E-state index in [1.54, 1.807) is 0 Å². The SMILES string of the molecule is [2H]c1cc([2H])c2c(c1[2H])c1c([2H])c([2H])cc([2H])c1n2-c1nc(-c2ccccc2)nc(-c2ccc3c(c2)oc2ccc(-c4ccccc4)cc23)n1. The molecular weight excluding hydrogens is 540 g/mol. The highest BCUT2D eigenvalue weighted by Gasteiger charge is 2.18. The van der Waals surface area contributed by atoms with E-state index in [-0.39, 0.29) is 64.0 Å². The van der Waals surface area contributed by atoms with Crippen molar-refractivity contribution in [1.29, 1.82) is 0 Å². The number of fused-ring (bicyclic) bond motifs is 6. The van der Waals surface area contributed by atoms with Gasteiger partial charge in [-0.3, -0.25) is 4.57 Å². The van der Waals surface area contributed by atoms with Gasteiger partial charge in [-0.2, -0.15) is 9.97 Å². The van der Waals surface area contributed by atoms with Crippen LogP contribution in [0.1, 0.15) is 8.22 Å². The minimum Gasteiger partial charge on any atom is -0.456 e. The molecule has 0 aliphatic carbocycles. The van der Waals surface area contributed by atoms with Gasteiger partial charge in [0.25, 0.3) is 0 Å². The Morgan fingerprint density at radius 1 is 0.477 bits per heavy atom. The molecule has 0 atom stereocenters. The first kappa shape index (κ1) is 19.2. The zero-order valence-corrected chi connectivity index (χ0v) is 23.1. The topological polar surface area (TPSA) is 56.7 Å². The number of nitrogens with zero attached hydrogens (tertiary/aromatic N) is 4. The van der Waals surface area contributed by atoms with Crippen LogP contribution in [0.3, 0.4) is 0 Å². The fourth-order valence-corrected chi connectivity index (χ4v) is 5.75. The number of hydrogen-bond acceptors (Lipinski definition) is 4. The Morgan fingerprint density at radius 2 is 1.11 bits per heavy atom. The molecule has 0 aliphatic rings. The van der Waals surface area contributed by atoms with E-state index in [4.69, 9.17) is 27.6 Å². The highest BCUT2D eigenvalue weighted by Crippen LogP contribution is 2.36. The lowest BCUT2D eigenvalue weighted by Gasteiger charge is -2.10. The lowest BCUT2D eigenvalue weighted by atomic mass is 10.0. The fourth-order valence-electron chi connectivity index (χ4n) is 5.75. The van der Waals surface area contributed by atoms with Crippen molar-refractivity contribution in [2.45, 2.75) is 0 Å². The summed E-state index contributed by atoms with van der Waals surface area (Å²) in [6.07, 6.45) is 0. The predicted molar refractivity (Wildman–Crippen MR) is 178 cm³/mol. The van der Waals surface area contributed by atoms with Crippen LogP contribution in [0.5, 0.6) is 0 Å². The summed E-state index contributed by atoms with van der Waals surface area (Å²) in [5.74, 6) is 0.713. The van der Waals surface area contributed by atoms with Crippen LogP contribution in [0, 0.1) is 0 Å². The fraction of sp³-hybridized carbons (Fsp3) is 0. The first-order chi connectivity index (χ1) is 24.3. The molecule has 0 N–H and O–H groups in total. The van der Waals surface area contributed by atoms with Gasteiger partial charge in [-0.25, -0.2) is 4.98 Å². The highest BCUT2D eigenvalue weighted by atomic mass is 16.3. The normalized spacial score (nSPS) is 13.5. The molecule has 5 nitrogen and oxygen atoms in total. The zero-order valence-electron chi connectivity index (χ0n) is 29.1. The van der Waals surface area contributed by atoms with Crippen molar-refractivity contribution in [3.05, 3.63) is 145 Å². The van der Waals surface area contributed by atoms with E-state index in [9.17, 15) is 0 Å². The van der Waals surface area contributed by atoms with Crippen molar-refractivity contribution in [3.63, 3.8) is 0 Å². The van der Waals surface area contributed by atoms with Gasteiger partial charge < -0.3 is 4.42 Å². The Kier molecular flexibility index (Phi) is 4.25. The maximum absolute atomic E-state index is 8.89. The summed E-state index contributed by atoms with van der Waals surface area (Å²) in [6, 6.07) is 33.0. The van der Waals surface area contributed by atoms with Crippen molar-refractivity contribution in [2.75, 3.05) is 0 Å². The average Bonchev–Trinajstić information content (AvgIpc) is 3.70. The van der Waals surface area contributed by atoms with Crippen molar-refractivity contribution in [2.24, 2.45) is 0 Å². The number of furan rings is 1. The molecule has 0 saturated heterocycles. The lowest BCUT2D eigenvalue weighted by molar-refractivity contribution is 0.669. The van der Waals surface area contributed by atoms with E-state index >= 15 is 0 Å². The molecule has 0 spiro atoms. The summed E-state index contributed by atoms with van der Waals surface area (Å²) in [4.78, 5) is 14.6. The Balaban J connectivity index is 1.31. The monoisotopic (exact) mass is 570 g/mol. The summed E-state index contributed by atoms with van der Waals surface area (Å²) < 4.78 is 59.8. The van der Waals surface area contributed by atoms with Crippen LogP contribution in [0.2, 0.25) is 0 Å². The van der Waals surface area contributed by atoms with Crippen LogP contribution in [0.25, 0.3) is 83.6 Å². The number of rotatable bonds is 4. The van der Waals surface area contributed by atoms with Gasteiger partial charge in [-0.15, -0.1) is 0 Å². The van der Waals surface area contributed by atoms with E-state index in [2.05, 4.69) is 18.2 Å². The van der Waals surface area contributed by atoms with Gasteiger partial charge in [-0.1, -0.05) is 109 Å². The number of hydrogen-bond donors (Lipinski definition) is 0. The molecule has 0 fully saturated rings. The summed E-state index contributed by atoms with van der Waals surface area (Å²) in [5, 5.41) is 2.17. The zero-order chi connectivity index (χ0) is 34.3. The van der Waals surface area contributed by atoms with Crippen molar-refractivity contribution < 1.29 is 12.6 Å². The third-order valence-electron chi connectivity index (χ3n) is 7.82. The minimum absolute atomic E-state index is 0.0716. The molecule has 0 bridgehead atoms. The molecule has 0 aliphatic heterocycles. The standard InChI is InChI=1S/C39H24N4O/c1-3-11-25(12-4-1)27-20-22-35-32(23-27)31-21-19-28(24-36(31)44-35)38-40-37(26-13-5-2-6-14-26)41-39(42-38)43-33-17-9-7-15-29(33)30-16-8-10-18-34(30)43/h1-24H/i7D,8D,15D,16D,17D,18D. The van der Waals surface area contributed by atoms with Crippen LogP contribution >= 0.6 is 0 Å². The molecule has 44 heavy (non-hydrogen) atoms. The largest absolute Gasteiger partial charge is 0.456 e.